The molecule has 1 aromatic rings. The Kier molecular flexibility index (Phi) is 4.13. The van der Waals surface area contributed by atoms with Crippen molar-refractivity contribution in [2.24, 2.45) is 5.92 Å². The van der Waals surface area contributed by atoms with Crippen LogP contribution < -0.4 is 0 Å². The molecule has 3 unspecified atom stereocenters. The van der Waals surface area contributed by atoms with Gasteiger partial charge < -0.3 is 14.7 Å². The fourth-order valence-electron chi connectivity index (χ4n) is 4.83. The minimum absolute atomic E-state index is 0.000382. The second-order valence-corrected chi connectivity index (χ2v) is 7.82. The van der Waals surface area contributed by atoms with Gasteiger partial charge in [-0.2, -0.15) is 0 Å². The number of hydrogen-bond acceptors (Lipinski definition) is 4. The summed E-state index contributed by atoms with van der Waals surface area (Å²) >= 11 is 0. The van der Waals surface area contributed by atoms with E-state index in [0.29, 0.717) is 12.1 Å². The van der Waals surface area contributed by atoms with Crippen molar-refractivity contribution in [3.05, 3.63) is 35.9 Å². The van der Waals surface area contributed by atoms with E-state index in [0.717, 1.165) is 31.2 Å². The second kappa shape index (κ2) is 6.16. The number of aliphatic hydroxyl groups is 1. The number of ether oxygens (including phenoxy) is 1. The van der Waals surface area contributed by atoms with Crippen LogP contribution in [0.1, 0.15) is 44.1 Å². The smallest absolute Gasteiger partial charge is 0.319 e. The van der Waals surface area contributed by atoms with Crippen LogP contribution in [0.2, 0.25) is 0 Å². The van der Waals surface area contributed by atoms with Crippen LogP contribution in [0, 0.1) is 5.92 Å². The molecule has 3 fully saturated rings. The average molecular weight is 329 g/mol. The number of benzene rings is 1. The van der Waals surface area contributed by atoms with Gasteiger partial charge in [0, 0.05) is 12.1 Å². The molecule has 4 heteroatoms. The molecule has 130 valence electrons. The number of nitrogens with zero attached hydrogens (tertiary/aromatic N) is 1. The van der Waals surface area contributed by atoms with Gasteiger partial charge in [0.15, 0.2) is 0 Å². The van der Waals surface area contributed by atoms with Crippen molar-refractivity contribution in [3.8, 4) is 0 Å². The summed E-state index contributed by atoms with van der Waals surface area (Å²) in [6, 6.07) is 10.8. The molecule has 3 atom stereocenters. The Hall–Kier alpha value is -1.39. The van der Waals surface area contributed by atoms with E-state index >= 15 is 0 Å². The first-order valence-electron chi connectivity index (χ1n) is 9.24. The molecule has 2 saturated heterocycles. The molecule has 24 heavy (non-hydrogen) atoms. The predicted molar refractivity (Wildman–Crippen MR) is 91.6 cm³/mol. The Balaban J connectivity index is 1.55. The zero-order valence-electron chi connectivity index (χ0n) is 14.4. The largest absolute Gasteiger partial charge is 0.462 e. The molecule has 0 radical (unpaired) electrons. The van der Waals surface area contributed by atoms with Gasteiger partial charge in [0.25, 0.3) is 0 Å². The van der Waals surface area contributed by atoms with Crippen molar-refractivity contribution < 1.29 is 14.6 Å². The lowest BCUT2D eigenvalue weighted by atomic mass is 9.76. The molecule has 2 bridgehead atoms. The highest BCUT2D eigenvalue weighted by atomic mass is 16.5. The van der Waals surface area contributed by atoms with Gasteiger partial charge in [-0.05, 0) is 57.1 Å². The highest BCUT2D eigenvalue weighted by Crippen LogP contribution is 2.48. The highest BCUT2D eigenvalue weighted by molar-refractivity contribution is 5.84. The number of carbonyl (C=O) groups excluding carboxylic acids is 1. The Labute approximate surface area is 143 Å². The number of esters is 1. The van der Waals surface area contributed by atoms with Crippen LogP contribution in [-0.2, 0) is 14.9 Å². The molecule has 2 aliphatic heterocycles. The van der Waals surface area contributed by atoms with Gasteiger partial charge in [-0.15, -0.1) is 0 Å². The van der Waals surface area contributed by atoms with Gasteiger partial charge in [0.2, 0.25) is 0 Å². The van der Waals surface area contributed by atoms with Gasteiger partial charge in [-0.1, -0.05) is 30.3 Å². The minimum Gasteiger partial charge on any atom is -0.462 e. The number of carbonyl (C=O) groups is 1. The molecule has 0 amide bonds. The summed E-state index contributed by atoms with van der Waals surface area (Å²) < 4.78 is 6.01. The van der Waals surface area contributed by atoms with Crippen molar-refractivity contribution in [1.29, 1.82) is 0 Å². The van der Waals surface area contributed by atoms with E-state index in [1.807, 2.05) is 30.3 Å². The predicted octanol–water partition coefficient (Wildman–Crippen LogP) is 2.50. The molecular weight excluding hydrogens is 302 g/mol. The Morgan fingerprint density at radius 3 is 2.33 bits per heavy atom. The van der Waals surface area contributed by atoms with Gasteiger partial charge in [-0.3, -0.25) is 4.79 Å². The molecule has 2 heterocycles. The fraction of sp³-hybridized carbons (Fsp3) is 0.650. The fourth-order valence-corrected chi connectivity index (χ4v) is 4.83. The van der Waals surface area contributed by atoms with E-state index < -0.39 is 5.41 Å². The first kappa shape index (κ1) is 16.1. The van der Waals surface area contributed by atoms with Crippen molar-refractivity contribution >= 4 is 5.97 Å². The number of piperidine rings is 1. The van der Waals surface area contributed by atoms with Crippen molar-refractivity contribution in [2.75, 3.05) is 13.7 Å². The topological polar surface area (TPSA) is 49.8 Å². The third kappa shape index (κ3) is 2.56. The average Bonchev–Trinajstić information content (AvgIpc) is 3.40. The van der Waals surface area contributed by atoms with E-state index in [2.05, 4.69) is 11.9 Å². The molecule has 1 saturated carbocycles. The maximum atomic E-state index is 13.2. The summed E-state index contributed by atoms with van der Waals surface area (Å²) in [6.45, 7) is -0.167. The third-order valence-electron chi connectivity index (χ3n) is 6.51. The van der Waals surface area contributed by atoms with E-state index in [1.165, 1.54) is 12.8 Å². The molecular formula is C20H27NO3. The molecule has 0 aromatic heterocycles. The van der Waals surface area contributed by atoms with Crippen LogP contribution in [0.4, 0.5) is 0 Å². The highest BCUT2D eigenvalue weighted by Gasteiger charge is 2.54. The van der Waals surface area contributed by atoms with E-state index in [-0.39, 0.29) is 24.6 Å². The van der Waals surface area contributed by atoms with Gasteiger partial charge in [0.1, 0.15) is 11.5 Å². The zero-order valence-corrected chi connectivity index (χ0v) is 14.4. The van der Waals surface area contributed by atoms with Crippen LogP contribution in [0.25, 0.3) is 0 Å². The van der Waals surface area contributed by atoms with Gasteiger partial charge >= 0.3 is 5.97 Å². The summed E-state index contributed by atoms with van der Waals surface area (Å²) in [4.78, 5) is 15.6. The molecule has 4 rings (SSSR count). The standard InChI is InChI=1S/C20H27NO3/c1-21-16-9-10-17(21)12-18(11-16)24-19(23)20(13-22,15-7-8-15)14-5-3-2-4-6-14/h2-6,15-18,22H,7-13H2,1H3. The third-order valence-corrected chi connectivity index (χ3v) is 6.51. The van der Waals surface area contributed by atoms with Crippen LogP contribution in [-0.4, -0.2) is 47.8 Å². The monoisotopic (exact) mass is 329 g/mol. The summed E-state index contributed by atoms with van der Waals surface area (Å²) in [7, 11) is 2.19. The number of fused-ring (bicyclic) bond motifs is 2. The van der Waals surface area contributed by atoms with Crippen LogP contribution in [0.5, 0.6) is 0 Å². The maximum Gasteiger partial charge on any atom is 0.319 e. The summed E-state index contributed by atoms with van der Waals surface area (Å²) in [5.74, 6) is -0.00645. The molecule has 1 aliphatic carbocycles. The minimum atomic E-state index is -0.871. The molecule has 1 aromatic carbocycles. The number of hydrogen-bond donors (Lipinski definition) is 1. The van der Waals surface area contributed by atoms with Crippen LogP contribution in [0.3, 0.4) is 0 Å². The molecule has 1 N–H and O–H groups in total. The Morgan fingerprint density at radius 1 is 1.17 bits per heavy atom. The van der Waals surface area contributed by atoms with Crippen LogP contribution in [0.15, 0.2) is 30.3 Å². The van der Waals surface area contributed by atoms with E-state index in [9.17, 15) is 9.90 Å². The number of aliphatic hydroxyl groups excluding tert-OH is 1. The molecule has 4 nitrogen and oxygen atoms in total. The summed E-state index contributed by atoms with van der Waals surface area (Å²) in [5, 5.41) is 10.2. The summed E-state index contributed by atoms with van der Waals surface area (Å²) in [6.07, 6.45) is 6.26. The quantitative estimate of drug-likeness (QED) is 0.843. The zero-order chi connectivity index (χ0) is 16.7. The second-order valence-electron chi connectivity index (χ2n) is 7.82. The first-order valence-corrected chi connectivity index (χ1v) is 9.24. The van der Waals surface area contributed by atoms with Crippen molar-refractivity contribution in [1.82, 2.24) is 4.90 Å². The van der Waals surface area contributed by atoms with Crippen molar-refractivity contribution in [3.63, 3.8) is 0 Å². The Bertz CT molecular complexity index is 586. The first-order chi connectivity index (χ1) is 11.6. The summed E-state index contributed by atoms with van der Waals surface area (Å²) in [5.41, 5.74) is 0.0276. The lowest BCUT2D eigenvalue weighted by molar-refractivity contribution is -0.162. The maximum absolute atomic E-state index is 13.2. The van der Waals surface area contributed by atoms with Crippen molar-refractivity contribution in [2.45, 2.75) is 62.1 Å². The lowest BCUT2D eigenvalue weighted by Crippen LogP contribution is -2.48. The van der Waals surface area contributed by atoms with Gasteiger partial charge in [0.05, 0.1) is 6.61 Å². The molecule has 3 aliphatic rings. The number of rotatable bonds is 5. The lowest BCUT2D eigenvalue weighted by Gasteiger charge is -2.38. The molecule has 0 spiro atoms. The van der Waals surface area contributed by atoms with E-state index in [1.54, 1.807) is 0 Å². The Morgan fingerprint density at radius 2 is 1.79 bits per heavy atom. The van der Waals surface area contributed by atoms with Gasteiger partial charge in [-0.25, -0.2) is 0 Å². The SMILES string of the molecule is CN1C2CCC1CC(OC(=O)C(CO)(c1ccccc1)C1CC1)C2. The normalized spacial score (nSPS) is 32.3. The van der Waals surface area contributed by atoms with E-state index in [4.69, 9.17) is 4.74 Å². The van der Waals surface area contributed by atoms with Crippen LogP contribution >= 0.6 is 0 Å².